The molecule has 2 heterocycles. The van der Waals surface area contributed by atoms with Gasteiger partial charge in [-0.15, -0.1) is 0 Å². The summed E-state index contributed by atoms with van der Waals surface area (Å²) in [5.41, 5.74) is -0.121. The van der Waals surface area contributed by atoms with Crippen molar-refractivity contribution in [3.05, 3.63) is 59.7 Å². The lowest BCUT2D eigenvalue weighted by Gasteiger charge is -2.13. The molecule has 142 valence electrons. The number of imidazole rings is 1. The number of nitrogens with zero attached hydrogens (tertiary/aromatic N) is 2. The van der Waals surface area contributed by atoms with Crippen molar-refractivity contribution < 1.29 is 28.2 Å². The Morgan fingerprint density at radius 3 is 2.61 bits per heavy atom. The number of H-pyrrole nitrogens is 1. The highest BCUT2D eigenvalue weighted by Gasteiger charge is 2.30. The lowest BCUT2D eigenvalue weighted by molar-refractivity contribution is 0.101. The van der Waals surface area contributed by atoms with Gasteiger partial charge >= 0.3 is 0 Å². The van der Waals surface area contributed by atoms with Crippen LogP contribution < -0.4 is 0 Å². The van der Waals surface area contributed by atoms with Gasteiger partial charge in [0.1, 0.15) is 5.82 Å². The highest BCUT2D eigenvalue weighted by atomic mass is 19.2. The number of benzene rings is 2. The topological polar surface area (TPSA) is 91.1 Å². The van der Waals surface area contributed by atoms with Gasteiger partial charge in [0.05, 0.1) is 34.3 Å². The van der Waals surface area contributed by atoms with Crippen molar-refractivity contribution in [2.75, 3.05) is 0 Å². The summed E-state index contributed by atoms with van der Waals surface area (Å²) in [6.07, 6.45) is 1.44. The third kappa shape index (κ3) is 2.51. The van der Waals surface area contributed by atoms with Gasteiger partial charge in [-0.2, -0.15) is 0 Å². The van der Waals surface area contributed by atoms with Crippen molar-refractivity contribution in [2.24, 2.45) is 0 Å². The van der Waals surface area contributed by atoms with Gasteiger partial charge in [0, 0.05) is 11.6 Å². The fourth-order valence-electron chi connectivity index (χ4n) is 3.18. The van der Waals surface area contributed by atoms with Crippen LogP contribution in [0.3, 0.4) is 0 Å². The zero-order chi connectivity index (χ0) is 20.2. The molecule has 4 rings (SSSR count). The number of aromatic nitrogens is 3. The zero-order valence-corrected chi connectivity index (χ0v) is 14.3. The van der Waals surface area contributed by atoms with E-state index in [1.807, 2.05) is 0 Å². The number of nitrogens with one attached hydrogen (secondary N) is 1. The van der Waals surface area contributed by atoms with Gasteiger partial charge in [0.2, 0.25) is 5.88 Å². The first-order valence-corrected chi connectivity index (χ1v) is 8.05. The van der Waals surface area contributed by atoms with Crippen LogP contribution in [-0.2, 0) is 0 Å². The average molecular weight is 387 g/mol. The smallest absolute Gasteiger partial charge is 0.240 e. The van der Waals surface area contributed by atoms with Crippen LogP contribution in [0.25, 0.3) is 28.0 Å². The number of ketones is 1. The van der Waals surface area contributed by atoms with E-state index in [9.17, 15) is 28.2 Å². The van der Waals surface area contributed by atoms with Crippen LogP contribution in [-0.4, -0.2) is 30.5 Å². The molecule has 28 heavy (non-hydrogen) atoms. The second-order valence-electron chi connectivity index (χ2n) is 6.14. The van der Waals surface area contributed by atoms with Gasteiger partial charge < -0.3 is 15.2 Å². The first kappa shape index (κ1) is 17.7. The first-order chi connectivity index (χ1) is 13.3. The summed E-state index contributed by atoms with van der Waals surface area (Å²) in [5, 5.41) is 20.7. The van der Waals surface area contributed by atoms with Crippen LogP contribution in [0.15, 0.2) is 36.7 Å². The molecule has 0 radical (unpaired) electrons. The summed E-state index contributed by atoms with van der Waals surface area (Å²) in [7, 11) is 0. The normalized spacial score (nSPS) is 11.3. The van der Waals surface area contributed by atoms with Gasteiger partial charge in [-0.1, -0.05) is 0 Å². The zero-order valence-electron chi connectivity index (χ0n) is 14.3. The average Bonchev–Trinajstić information content (AvgIpc) is 3.20. The Labute approximate surface area is 155 Å². The van der Waals surface area contributed by atoms with Crippen LogP contribution in [0.5, 0.6) is 11.6 Å². The van der Waals surface area contributed by atoms with Gasteiger partial charge in [-0.3, -0.25) is 9.36 Å². The van der Waals surface area contributed by atoms with Crippen molar-refractivity contribution in [3.63, 3.8) is 0 Å². The number of aromatic hydroxyl groups is 2. The summed E-state index contributed by atoms with van der Waals surface area (Å²) >= 11 is 0. The van der Waals surface area contributed by atoms with Gasteiger partial charge in [-0.25, -0.2) is 18.2 Å². The molecule has 0 atom stereocenters. The number of rotatable bonds is 3. The minimum atomic E-state index is -1.47. The number of fused-ring (bicyclic) bond motifs is 1. The molecule has 6 nitrogen and oxygen atoms in total. The van der Waals surface area contributed by atoms with E-state index in [0.29, 0.717) is 23.2 Å². The molecule has 9 heteroatoms. The third-order valence-electron chi connectivity index (χ3n) is 4.38. The number of aromatic amines is 1. The van der Waals surface area contributed by atoms with E-state index in [0.717, 1.165) is 11.5 Å². The maximum atomic E-state index is 14.5. The Morgan fingerprint density at radius 2 is 1.89 bits per heavy atom. The Morgan fingerprint density at radius 1 is 1.14 bits per heavy atom. The standard InChI is InChI=1S/C19H12F3N3O3/c1-8(26)15-17(11-4-9(20)5-12(21)16(11)22)25(19(28)18(15)27)10-2-3-13-14(6-10)24-7-23-13/h2-7,27-28H,1H3,(H,23,24). The highest BCUT2D eigenvalue weighted by Crippen LogP contribution is 2.44. The van der Waals surface area contributed by atoms with E-state index in [-0.39, 0.29) is 11.4 Å². The van der Waals surface area contributed by atoms with E-state index in [1.54, 1.807) is 6.07 Å². The number of carbonyl (C=O) groups excluding carboxylic acids is 1. The van der Waals surface area contributed by atoms with Crippen molar-refractivity contribution in [1.29, 1.82) is 0 Å². The second-order valence-corrected chi connectivity index (χ2v) is 6.14. The Kier molecular flexibility index (Phi) is 3.88. The monoisotopic (exact) mass is 387 g/mol. The summed E-state index contributed by atoms with van der Waals surface area (Å²) in [4.78, 5) is 19.0. The van der Waals surface area contributed by atoms with E-state index >= 15 is 0 Å². The molecule has 0 saturated heterocycles. The molecule has 4 aromatic rings. The molecule has 0 aliphatic rings. The van der Waals surface area contributed by atoms with Crippen LogP contribution in [0.1, 0.15) is 17.3 Å². The number of halogens is 3. The molecule has 2 aromatic heterocycles. The van der Waals surface area contributed by atoms with Crippen LogP contribution in [0, 0.1) is 17.5 Å². The number of Topliss-reactive ketones (excluding diaryl/α,β-unsaturated/α-hetero) is 1. The number of hydrogen-bond donors (Lipinski definition) is 3. The SMILES string of the molecule is CC(=O)c1c(O)c(O)n(-c2ccc3nc[nH]c3c2)c1-c1cc(F)cc(F)c1F. The molecule has 3 N–H and O–H groups in total. The Bertz CT molecular complexity index is 1260. The Hall–Kier alpha value is -3.75. The predicted molar refractivity (Wildman–Crippen MR) is 94.1 cm³/mol. The van der Waals surface area contributed by atoms with Crippen molar-refractivity contribution in [3.8, 4) is 28.6 Å². The van der Waals surface area contributed by atoms with E-state index in [4.69, 9.17) is 0 Å². The molecular weight excluding hydrogens is 375 g/mol. The fourth-order valence-corrected chi connectivity index (χ4v) is 3.18. The molecular formula is C19H12F3N3O3. The van der Waals surface area contributed by atoms with E-state index < -0.39 is 46.0 Å². The lowest BCUT2D eigenvalue weighted by Crippen LogP contribution is -2.04. The molecule has 0 fully saturated rings. The maximum Gasteiger partial charge on any atom is 0.240 e. The fraction of sp³-hybridized carbons (Fsp3) is 0.0526. The summed E-state index contributed by atoms with van der Waals surface area (Å²) < 4.78 is 43.1. The largest absolute Gasteiger partial charge is 0.503 e. The molecule has 0 aliphatic heterocycles. The van der Waals surface area contributed by atoms with Gasteiger partial charge in [-0.05, 0) is 31.2 Å². The second kappa shape index (κ2) is 6.15. The van der Waals surface area contributed by atoms with Gasteiger partial charge in [0.15, 0.2) is 23.2 Å². The molecule has 2 aromatic carbocycles. The van der Waals surface area contributed by atoms with E-state index in [1.165, 1.54) is 18.5 Å². The predicted octanol–water partition coefficient (Wildman–Crippen LogP) is 4.05. The van der Waals surface area contributed by atoms with Gasteiger partial charge in [0.25, 0.3) is 0 Å². The summed E-state index contributed by atoms with van der Waals surface area (Å²) in [6, 6.07) is 5.63. The van der Waals surface area contributed by atoms with Crippen LogP contribution in [0.4, 0.5) is 13.2 Å². The molecule has 0 spiro atoms. The van der Waals surface area contributed by atoms with E-state index in [2.05, 4.69) is 9.97 Å². The quantitative estimate of drug-likeness (QED) is 0.365. The minimum Gasteiger partial charge on any atom is -0.503 e. The molecule has 0 amide bonds. The molecule has 0 unspecified atom stereocenters. The third-order valence-corrected chi connectivity index (χ3v) is 4.38. The van der Waals surface area contributed by atoms with Crippen molar-refractivity contribution in [1.82, 2.24) is 14.5 Å². The highest BCUT2D eigenvalue weighted by molar-refractivity contribution is 6.04. The maximum absolute atomic E-state index is 14.5. The first-order valence-electron chi connectivity index (χ1n) is 8.05. The lowest BCUT2D eigenvalue weighted by atomic mass is 10.0. The number of carbonyl (C=O) groups is 1. The van der Waals surface area contributed by atoms with Crippen LogP contribution in [0.2, 0.25) is 0 Å². The molecule has 0 saturated carbocycles. The minimum absolute atomic E-state index is 0.205. The number of hydrogen-bond acceptors (Lipinski definition) is 4. The summed E-state index contributed by atoms with van der Waals surface area (Å²) in [6.45, 7) is 1.08. The van der Waals surface area contributed by atoms with Crippen molar-refractivity contribution >= 4 is 16.8 Å². The van der Waals surface area contributed by atoms with Crippen molar-refractivity contribution in [2.45, 2.75) is 6.92 Å². The molecule has 0 aliphatic carbocycles. The Balaban J connectivity index is 2.13. The summed E-state index contributed by atoms with van der Waals surface area (Å²) in [5.74, 6) is -6.31. The van der Waals surface area contributed by atoms with Crippen LogP contribution >= 0.6 is 0 Å². The molecule has 0 bridgehead atoms.